The Morgan fingerprint density at radius 3 is 2.81 bits per heavy atom. The van der Waals surface area contributed by atoms with Crippen LogP contribution in [0.1, 0.15) is 17.4 Å². The van der Waals surface area contributed by atoms with E-state index in [1.165, 1.54) is 0 Å². The van der Waals surface area contributed by atoms with Crippen molar-refractivity contribution in [3.05, 3.63) is 60.1 Å². The van der Waals surface area contributed by atoms with Gasteiger partial charge in [-0.2, -0.15) is 0 Å². The largest absolute Gasteiger partial charge is 0.467 e. The van der Waals surface area contributed by atoms with E-state index in [0.717, 1.165) is 11.3 Å². The molecule has 2 heterocycles. The van der Waals surface area contributed by atoms with Gasteiger partial charge in [0.2, 0.25) is 0 Å². The van der Waals surface area contributed by atoms with Crippen LogP contribution in [-0.2, 0) is 9.53 Å². The van der Waals surface area contributed by atoms with E-state index in [1.54, 1.807) is 11.2 Å². The van der Waals surface area contributed by atoms with Crippen LogP contribution in [0.15, 0.2) is 53.1 Å². The molecule has 106 valence electrons. The summed E-state index contributed by atoms with van der Waals surface area (Å²) >= 11 is 0. The molecule has 3 rings (SSSR count). The number of hydrogen-bond donors (Lipinski definition) is 0. The summed E-state index contributed by atoms with van der Waals surface area (Å²) in [6.45, 7) is 1.51. The van der Waals surface area contributed by atoms with Gasteiger partial charge in [-0.05, 0) is 24.3 Å². The van der Waals surface area contributed by atoms with Crippen molar-refractivity contribution >= 4 is 5.91 Å². The summed E-state index contributed by atoms with van der Waals surface area (Å²) in [5.41, 5.74) is 0.835. The first-order valence-electron chi connectivity index (χ1n) is 6.84. The summed E-state index contributed by atoms with van der Waals surface area (Å²) in [5.74, 6) is 6.13. The number of nitrogens with zero attached hydrogens (tertiary/aromatic N) is 1. The van der Waals surface area contributed by atoms with Crippen molar-refractivity contribution in [2.45, 2.75) is 6.10 Å². The molecular weight excluding hydrogens is 266 g/mol. The number of amides is 1. The monoisotopic (exact) mass is 281 g/mol. The van der Waals surface area contributed by atoms with Crippen LogP contribution in [0.25, 0.3) is 0 Å². The zero-order valence-electron chi connectivity index (χ0n) is 11.5. The van der Waals surface area contributed by atoms with E-state index < -0.39 is 0 Å². The van der Waals surface area contributed by atoms with Crippen LogP contribution in [0.4, 0.5) is 0 Å². The summed E-state index contributed by atoms with van der Waals surface area (Å²) < 4.78 is 11.0. The van der Waals surface area contributed by atoms with E-state index in [-0.39, 0.29) is 12.0 Å². The molecule has 1 saturated heterocycles. The highest BCUT2D eigenvalue weighted by Gasteiger charge is 2.26. The van der Waals surface area contributed by atoms with E-state index in [9.17, 15) is 4.79 Å². The van der Waals surface area contributed by atoms with Crippen LogP contribution in [0.3, 0.4) is 0 Å². The van der Waals surface area contributed by atoms with Crippen LogP contribution in [0, 0.1) is 11.8 Å². The maximum atomic E-state index is 12.2. The van der Waals surface area contributed by atoms with E-state index >= 15 is 0 Å². The van der Waals surface area contributed by atoms with Crippen molar-refractivity contribution in [2.24, 2.45) is 0 Å². The predicted octanol–water partition coefficient (Wildman–Crippen LogP) is 2.23. The van der Waals surface area contributed by atoms with Gasteiger partial charge in [-0.1, -0.05) is 24.1 Å². The Morgan fingerprint density at radius 1 is 1.19 bits per heavy atom. The van der Waals surface area contributed by atoms with Crippen molar-refractivity contribution < 1.29 is 13.9 Å². The number of rotatable bonds is 1. The van der Waals surface area contributed by atoms with Crippen LogP contribution in [-0.4, -0.2) is 30.5 Å². The normalized spacial score (nSPS) is 17.9. The maximum Gasteiger partial charge on any atom is 0.299 e. The highest BCUT2D eigenvalue weighted by molar-refractivity contribution is 5.94. The molecule has 1 aliphatic rings. The van der Waals surface area contributed by atoms with Crippen LogP contribution in [0.2, 0.25) is 0 Å². The molecule has 0 N–H and O–H groups in total. The standard InChI is InChI=1S/C17H15NO3/c19-17(9-8-14-5-2-1-3-6-14)18-10-12-21-16(13-18)15-7-4-11-20-15/h1-7,11,16H,10,12-13H2/t16-/m1/s1. The van der Waals surface area contributed by atoms with E-state index in [4.69, 9.17) is 9.15 Å². The average molecular weight is 281 g/mol. The number of morpholine rings is 1. The van der Waals surface area contributed by atoms with Crippen molar-refractivity contribution in [1.82, 2.24) is 4.90 Å². The second kappa shape index (κ2) is 6.29. The molecule has 1 aromatic heterocycles. The van der Waals surface area contributed by atoms with Crippen molar-refractivity contribution in [3.63, 3.8) is 0 Å². The third kappa shape index (κ3) is 3.33. The van der Waals surface area contributed by atoms with Gasteiger partial charge in [-0.3, -0.25) is 4.79 Å². The van der Waals surface area contributed by atoms with Crippen molar-refractivity contribution in [1.29, 1.82) is 0 Å². The van der Waals surface area contributed by atoms with E-state index in [0.29, 0.717) is 19.7 Å². The third-order valence-corrected chi connectivity index (χ3v) is 3.30. The first-order chi connectivity index (χ1) is 10.3. The van der Waals surface area contributed by atoms with Gasteiger partial charge >= 0.3 is 0 Å². The molecule has 4 nitrogen and oxygen atoms in total. The Labute approximate surface area is 123 Å². The van der Waals surface area contributed by atoms with Crippen molar-refractivity contribution in [3.8, 4) is 11.8 Å². The molecular formula is C17H15NO3. The van der Waals surface area contributed by atoms with Gasteiger partial charge in [0.25, 0.3) is 5.91 Å². The van der Waals surface area contributed by atoms with Gasteiger partial charge < -0.3 is 14.1 Å². The lowest BCUT2D eigenvalue weighted by molar-refractivity contribution is -0.133. The van der Waals surface area contributed by atoms with Crippen molar-refractivity contribution in [2.75, 3.05) is 19.7 Å². The highest BCUT2D eigenvalue weighted by atomic mass is 16.5. The lowest BCUT2D eigenvalue weighted by Crippen LogP contribution is -2.41. The lowest BCUT2D eigenvalue weighted by Gasteiger charge is -2.30. The number of ether oxygens (including phenoxy) is 1. The SMILES string of the molecule is O=C(C#Cc1ccccc1)N1CCO[C@@H](c2ccco2)C1. The molecule has 0 radical (unpaired) electrons. The summed E-state index contributed by atoms with van der Waals surface area (Å²) in [7, 11) is 0. The molecule has 1 aliphatic heterocycles. The molecule has 1 amide bonds. The molecule has 0 saturated carbocycles. The second-order valence-corrected chi connectivity index (χ2v) is 4.74. The van der Waals surface area contributed by atoms with Gasteiger partial charge in [0, 0.05) is 18.0 Å². The first-order valence-corrected chi connectivity index (χ1v) is 6.84. The summed E-state index contributed by atoms with van der Waals surface area (Å²) in [5, 5.41) is 0. The predicted molar refractivity (Wildman–Crippen MR) is 77.3 cm³/mol. The van der Waals surface area contributed by atoms with Crippen LogP contribution >= 0.6 is 0 Å². The zero-order chi connectivity index (χ0) is 14.5. The summed E-state index contributed by atoms with van der Waals surface area (Å²) in [6, 6.07) is 13.1. The van der Waals surface area contributed by atoms with Crippen LogP contribution < -0.4 is 0 Å². The molecule has 0 bridgehead atoms. The zero-order valence-corrected chi connectivity index (χ0v) is 11.5. The topological polar surface area (TPSA) is 42.7 Å². The number of hydrogen-bond acceptors (Lipinski definition) is 3. The second-order valence-electron chi connectivity index (χ2n) is 4.74. The molecule has 0 unspecified atom stereocenters. The Hall–Kier alpha value is -2.51. The Kier molecular flexibility index (Phi) is 4.04. The molecule has 1 fully saturated rings. The minimum absolute atomic E-state index is 0.182. The number of furan rings is 1. The van der Waals surface area contributed by atoms with Gasteiger partial charge in [-0.15, -0.1) is 0 Å². The highest BCUT2D eigenvalue weighted by Crippen LogP contribution is 2.22. The Bertz CT molecular complexity index is 652. The van der Waals surface area contributed by atoms with Gasteiger partial charge in [0.15, 0.2) is 0 Å². The molecule has 2 aromatic rings. The van der Waals surface area contributed by atoms with Gasteiger partial charge in [0.05, 0.1) is 19.4 Å². The van der Waals surface area contributed by atoms with Gasteiger partial charge in [0.1, 0.15) is 11.9 Å². The summed E-state index contributed by atoms with van der Waals surface area (Å²) in [4.78, 5) is 13.9. The van der Waals surface area contributed by atoms with E-state index in [1.807, 2.05) is 42.5 Å². The average Bonchev–Trinajstić information content (AvgIpc) is 3.08. The number of benzene rings is 1. The number of carbonyl (C=O) groups is 1. The molecule has 1 atom stereocenters. The molecule has 1 aromatic carbocycles. The Balaban J connectivity index is 1.66. The quantitative estimate of drug-likeness (QED) is 0.753. The fraction of sp³-hybridized carbons (Fsp3) is 0.235. The summed E-state index contributed by atoms with van der Waals surface area (Å²) in [6.07, 6.45) is 1.39. The third-order valence-electron chi connectivity index (χ3n) is 3.30. The molecule has 21 heavy (non-hydrogen) atoms. The smallest absolute Gasteiger partial charge is 0.299 e. The lowest BCUT2D eigenvalue weighted by atomic mass is 10.2. The maximum absolute atomic E-state index is 12.2. The minimum Gasteiger partial charge on any atom is -0.467 e. The van der Waals surface area contributed by atoms with Crippen LogP contribution in [0.5, 0.6) is 0 Å². The first kappa shape index (κ1) is 13.5. The number of carbonyl (C=O) groups excluding carboxylic acids is 1. The van der Waals surface area contributed by atoms with E-state index in [2.05, 4.69) is 11.8 Å². The fourth-order valence-electron chi connectivity index (χ4n) is 2.21. The fourth-order valence-corrected chi connectivity index (χ4v) is 2.21. The molecule has 4 heteroatoms. The Morgan fingerprint density at radius 2 is 2.05 bits per heavy atom. The molecule has 0 spiro atoms. The van der Waals surface area contributed by atoms with Gasteiger partial charge in [-0.25, -0.2) is 0 Å². The minimum atomic E-state index is -0.212. The molecule has 0 aliphatic carbocycles.